The fraction of sp³-hybridized carbons (Fsp3) is 0.300. The first-order valence-corrected chi connectivity index (χ1v) is 5.80. The summed E-state index contributed by atoms with van der Waals surface area (Å²) in [6.45, 7) is 0. The summed E-state index contributed by atoms with van der Waals surface area (Å²) in [5.74, 6) is -0.746. The van der Waals surface area contributed by atoms with Crippen molar-refractivity contribution in [3.8, 4) is 5.75 Å². The molecule has 0 aliphatic rings. The van der Waals surface area contributed by atoms with Gasteiger partial charge in [-0.3, -0.25) is 4.79 Å². The number of carbonyl (C=O) groups excluding carboxylic acids is 1. The monoisotopic (exact) mass is 359 g/mol. The first-order chi connectivity index (χ1) is 7.78. The fourth-order valence-electron chi connectivity index (χ4n) is 1.17. The molecule has 0 heterocycles. The van der Waals surface area contributed by atoms with E-state index in [1.54, 1.807) is 0 Å². The van der Waals surface area contributed by atoms with Crippen LogP contribution in [0.15, 0.2) is 24.3 Å². The van der Waals surface area contributed by atoms with Crippen LogP contribution in [0.1, 0.15) is 15.9 Å². The highest BCUT2D eigenvalue weighted by atomic mass is 127. The molecular weight excluding hydrogens is 350 g/mol. The van der Waals surface area contributed by atoms with Crippen LogP contribution in [0.3, 0.4) is 0 Å². The molecule has 1 amide bonds. The highest BCUT2D eigenvalue weighted by molar-refractivity contribution is 14.1. The van der Waals surface area contributed by atoms with E-state index in [2.05, 4.69) is 4.74 Å². The third-order valence-electron chi connectivity index (χ3n) is 1.86. The van der Waals surface area contributed by atoms with E-state index in [-0.39, 0.29) is 16.1 Å². The standard InChI is InChI=1S/C10H9F3INO2/c11-10(12,13)17-7-3-1-6(2-4-7)8(14)5-9(15)16/h1-4,8H,5H2,(H2,15,16). The first-order valence-electron chi connectivity index (χ1n) is 4.56. The van der Waals surface area contributed by atoms with E-state index >= 15 is 0 Å². The lowest BCUT2D eigenvalue weighted by Gasteiger charge is -2.11. The zero-order valence-electron chi connectivity index (χ0n) is 8.50. The zero-order chi connectivity index (χ0) is 13.1. The van der Waals surface area contributed by atoms with E-state index < -0.39 is 12.3 Å². The molecule has 0 aliphatic heterocycles. The summed E-state index contributed by atoms with van der Waals surface area (Å²) in [7, 11) is 0. The van der Waals surface area contributed by atoms with Gasteiger partial charge < -0.3 is 10.5 Å². The molecule has 0 bridgehead atoms. The predicted octanol–water partition coefficient (Wildman–Crippen LogP) is 2.94. The van der Waals surface area contributed by atoms with Gasteiger partial charge in [0.25, 0.3) is 0 Å². The molecule has 0 spiro atoms. The third kappa shape index (κ3) is 5.24. The van der Waals surface area contributed by atoms with Crippen molar-refractivity contribution in [2.24, 2.45) is 5.73 Å². The van der Waals surface area contributed by atoms with Crippen LogP contribution in [0, 0.1) is 0 Å². The Bertz CT molecular complexity index is 392. The van der Waals surface area contributed by atoms with Gasteiger partial charge in [0.15, 0.2) is 0 Å². The molecule has 0 fully saturated rings. The van der Waals surface area contributed by atoms with Gasteiger partial charge in [0.05, 0.1) is 0 Å². The van der Waals surface area contributed by atoms with Crippen molar-refractivity contribution in [1.29, 1.82) is 0 Å². The van der Waals surface area contributed by atoms with Gasteiger partial charge in [-0.05, 0) is 17.7 Å². The summed E-state index contributed by atoms with van der Waals surface area (Å²) in [6.07, 6.45) is -4.56. The number of benzene rings is 1. The Morgan fingerprint density at radius 1 is 1.35 bits per heavy atom. The summed E-state index contributed by atoms with van der Waals surface area (Å²) in [5, 5.41) is 0. The number of primary amides is 1. The van der Waals surface area contributed by atoms with Crippen LogP contribution < -0.4 is 10.5 Å². The molecule has 0 aromatic heterocycles. The lowest BCUT2D eigenvalue weighted by atomic mass is 10.1. The predicted molar refractivity (Wildman–Crippen MR) is 63.7 cm³/mol. The Morgan fingerprint density at radius 2 is 1.88 bits per heavy atom. The van der Waals surface area contributed by atoms with Crippen molar-refractivity contribution in [3.05, 3.63) is 29.8 Å². The van der Waals surface area contributed by atoms with Crippen molar-refractivity contribution in [2.75, 3.05) is 0 Å². The first kappa shape index (κ1) is 14.1. The molecule has 1 unspecified atom stereocenters. The average Bonchev–Trinajstić information content (AvgIpc) is 2.15. The second-order valence-electron chi connectivity index (χ2n) is 3.25. The van der Waals surface area contributed by atoms with Gasteiger partial charge in [-0.25, -0.2) is 0 Å². The van der Waals surface area contributed by atoms with E-state index in [0.29, 0.717) is 0 Å². The molecule has 0 aliphatic carbocycles. The molecule has 1 atom stereocenters. The van der Waals surface area contributed by atoms with Gasteiger partial charge >= 0.3 is 6.36 Å². The lowest BCUT2D eigenvalue weighted by molar-refractivity contribution is -0.274. The number of amides is 1. The number of halogens is 4. The summed E-state index contributed by atoms with van der Waals surface area (Å²) < 4.78 is 39.2. The number of alkyl halides is 4. The molecule has 2 N–H and O–H groups in total. The summed E-state index contributed by atoms with van der Waals surface area (Å²) >= 11 is 2.00. The smallest absolute Gasteiger partial charge is 0.406 e. The highest BCUT2D eigenvalue weighted by Gasteiger charge is 2.31. The Hall–Kier alpha value is -0.990. The summed E-state index contributed by atoms with van der Waals surface area (Å²) in [6, 6.07) is 5.35. The minimum Gasteiger partial charge on any atom is -0.406 e. The van der Waals surface area contributed by atoms with Gasteiger partial charge in [-0.15, -0.1) is 13.2 Å². The number of hydrogen-bond acceptors (Lipinski definition) is 2. The molecule has 17 heavy (non-hydrogen) atoms. The van der Waals surface area contributed by atoms with Crippen molar-refractivity contribution in [3.63, 3.8) is 0 Å². The van der Waals surface area contributed by atoms with E-state index in [1.807, 2.05) is 22.6 Å². The van der Waals surface area contributed by atoms with Crippen molar-refractivity contribution >= 4 is 28.5 Å². The van der Waals surface area contributed by atoms with Gasteiger partial charge in [-0.1, -0.05) is 34.7 Å². The maximum Gasteiger partial charge on any atom is 0.573 e. The van der Waals surface area contributed by atoms with E-state index in [0.717, 1.165) is 5.56 Å². The maximum absolute atomic E-state index is 11.9. The van der Waals surface area contributed by atoms with E-state index in [9.17, 15) is 18.0 Å². The minimum atomic E-state index is -4.70. The van der Waals surface area contributed by atoms with Gasteiger partial charge in [0.1, 0.15) is 5.75 Å². The molecule has 3 nitrogen and oxygen atoms in total. The molecule has 0 saturated carbocycles. The Kier molecular flexibility index (Phi) is 4.61. The number of nitrogens with two attached hydrogens (primary N) is 1. The number of carbonyl (C=O) groups is 1. The van der Waals surface area contributed by atoms with Gasteiger partial charge in [0, 0.05) is 10.3 Å². The van der Waals surface area contributed by atoms with Crippen LogP contribution in [-0.4, -0.2) is 12.3 Å². The molecule has 1 aromatic carbocycles. The topological polar surface area (TPSA) is 52.3 Å². The number of hydrogen-bond donors (Lipinski definition) is 1. The zero-order valence-corrected chi connectivity index (χ0v) is 10.7. The molecule has 0 saturated heterocycles. The Labute approximate surface area is 109 Å². The number of rotatable bonds is 4. The molecule has 0 radical (unpaired) electrons. The normalized spacial score (nSPS) is 13.2. The second-order valence-corrected chi connectivity index (χ2v) is 4.76. The van der Waals surface area contributed by atoms with Crippen molar-refractivity contribution < 1.29 is 22.7 Å². The van der Waals surface area contributed by atoms with E-state index in [4.69, 9.17) is 5.73 Å². The third-order valence-corrected chi connectivity index (χ3v) is 3.02. The molecule has 7 heteroatoms. The fourth-order valence-corrected chi connectivity index (χ4v) is 2.02. The van der Waals surface area contributed by atoms with Gasteiger partial charge in [0.2, 0.25) is 5.91 Å². The van der Waals surface area contributed by atoms with Crippen LogP contribution >= 0.6 is 22.6 Å². The Morgan fingerprint density at radius 3 is 2.29 bits per heavy atom. The molecule has 1 aromatic rings. The maximum atomic E-state index is 11.9. The SMILES string of the molecule is NC(=O)CC(I)c1ccc(OC(F)(F)F)cc1. The van der Waals surface area contributed by atoms with Crippen LogP contribution in [0.25, 0.3) is 0 Å². The van der Waals surface area contributed by atoms with Crippen LogP contribution in [0.2, 0.25) is 0 Å². The van der Waals surface area contributed by atoms with Gasteiger partial charge in [-0.2, -0.15) is 0 Å². The Balaban J connectivity index is 2.71. The largest absolute Gasteiger partial charge is 0.573 e. The molecular formula is C10H9F3INO2. The number of ether oxygens (including phenoxy) is 1. The summed E-state index contributed by atoms with van der Waals surface area (Å²) in [5.41, 5.74) is 5.75. The van der Waals surface area contributed by atoms with Crippen molar-refractivity contribution in [2.45, 2.75) is 16.7 Å². The molecule has 1 rings (SSSR count). The van der Waals surface area contributed by atoms with Crippen LogP contribution in [0.5, 0.6) is 5.75 Å². The quantitative estimate of drug-likeness (QED) is 0.664. The lowest BCUT2D eigenvalue weighted by Crippen LogP contribution is -2.17. The second kappa shape index (κ2) is 5.56. The van der Waals surface area contributed by atoms with Crippen LogP contribution in [0.4, 0.5) is 13.2 Å². The van der Waals surface area contributed by atoms with Crippen molar-refractivity contribution in [1.82, 2.24) is 0 Å². The van der Waals surface area contributed by atoms with Crippen LogP contribution in [-0.2, 0) is 4.79 Å². The average molecular weight is 359 g/mol. The molecule has 94 valence electrons. The summed E-state index contributed by atoms with van der Waals surface area (Å²) in [4.78, 5) is 10.7. The minimum absolute atomic E-state index is 0.139. The van der Waals surface area contributed by atoms with E-state index in [1.165, 1.54) is 24.3 Å². The highest BCUT2D eigenvalue weighted by Crippen LogP contribution is 2.29.